The maximum atomic E-state index is 11.6. The van der Waals surface area contributed by atoms with Crippen LogP contribution in [-0.4, -0.2) is 19.9 Å². The first kappa shape index (κ1) is 11.9. The van der Waals surface area contributed by atoms with Gasteiger partial charge in [0.2, 0.25) is 10.0 Å². The van der Waals surface area contributed by atoms with Crippen molar-refractivity contribution in [2.75, 3.05) is 6.54 Å². The summed E-state index contributed by atoms with van der Waals surface area (Å²) in [5, 5.41) is 8.37. The minimum Gasteiger partial charge on any atom is -0.263 e. The number of nitrogens with one attached hydrogen (secondary N) is 1. The van der Waals surface area contributed by atoms with E-state index >= 15 is 0 Å². The molecule has 1 aromatic heterocycles. The summed E-state index contributed by atoms with van der Waals surface area (Å²) in [5.41, 5.74) is 0. The fourth-order valence-electron chi connectivity index (χ4n) is 0.880. The SMILES string of the molecule is N#CCCNS(=O)(=O)c1cnccc1Cl. The second-order valence-corrected chi connectivity index (χ2v) is 4.75. The van der Waals surface area contributed by atoms with Crippen LogP contribution in [0.3, 0.4) is 0 Å². The number of hydrogen-bond donors (Lipinski definition) is 1. The maximum Gasteiger partial charge on any atom is 0.243 e. The number of nitriles is 1. The standard InChI is InChI=1S/C8H8ClN3O2S/c9-7-2-5-11-6-8(7)15(13,14)12-4-1-3-10/h2,5-6,12H,1,4H2. The van der Waals surface area contributed by atoms with Crippen LogP contribution in [0.2, 0.25) is 5.02 Å². The van der Waals surface area contributed by atoms with Crippen LogP contribution in [0.25, 0.3) is 0 Å². The van der Waals surface area contributed by atoms with Crippen molar-refractivity contribution in [3.8, 4) is 6.07 Å². The molecule has 0 spiro atoms. The Labute approximate surface area is 92.8 Å². The summed E-state index contributed by atoms with van der Waals surface area (Å²) in [5.74, 6) is 0. The lowest BCUT2D eigenvalue weighted by Crippen LogP contribution is -2.24. The molecule has 0 unspecified atom stereocenters. The molecule has 15 heavy (non-hydrogen) atoms. The minimum atomic E-state index is -3.66. The van der Waals surface area contributed by atoms with Crippen molar-refractivity contribution >= 4 is 21.6 Å². The van der Waals surface area contributed by atoms with Gasteiger partial charge in [-0.15, -0.1) is 0 Å². The second-order valence-electron chi connectivity index (χ2n) is 2.61. The van der Waals surface area contributed by atoms with E-state index in [1.807, 2.05) is 6.07 Å². The number of halogens is 1. The van der Waals surface area contributed by atoms with Crippen molar-refractivity contribution in [1.29, 1.82) is 5.26 Å². The molecule has 0 radical (unpaired) electrons. The van der Waals surface area contributed by atoms with E-state index in [1.165, 1.54) is 12.3 Å². The van der Waals surface area contributed by atoms with Crippen LogP contribution in [0, 0.1) is 11.3 Å². The Balaban J connectivity index is 2.88. The largest absolute Gasteiger partial charge is 0.263 e. The fourth-order valence-corrected chi connectivity index (χ4v) is 2.34. The zero-order valence-electron chi connectivity index (χ0n) is 7.64. The Hall–Kier alpha value is -1.16. The Morgan fingerprint density at radius 1 is 1.60 bits per heavy atom. The molecule has 0 aromatic carbocycles. The number of pyridine rings is 1. The number of nitrogens with zero attached hydrogens (tertiary/aromatic N) is 2. The molecule has 7 heteroatoms. The third-order valence-electron chi connectivity index (χ3n) is 1.55. The van der Waals surface area contributed by atoms with Gasteiger partial charge < -0.3 is 0 Å². The van der Waals surface area contributed by atoms with E-state index in [4.69, 9.17) is 16.9 Å². The van der Waals surface area contributed by atoms with Crippen LogP contribution in [0.4, 0.5) is 0 Å². The van der Waals surface area contributed by atoms with Crippen LogP contribution in [0.5, 0.6) is 0 Å². The summed E-state index contributed by atoms with van der Waals surface area (Å²) >= 11 is 5.70. The normalized spacial score (nSPS) is 10.9. The van der Waals surface area contributed by atoms with Gasteiger partial charge in [0.25, 0.3) is 0 Å². The van der Waals surface area contributed by atoms with Gasteiger partial charge in [0, 0.05) is 25.4 Å². The Kier molecular flexibility index (Phi) is 4.03. The van der Waals surface area contributed by atoms with E-state index in [2.05, 4.69) is 9.71 Å². The third kappa shape index (κ3) is 3.16. The highest BCUT2D eigenvalue weighted by Crippen LogP contribution is 2.18. The van der Waals surface area contributed by atoms with Gasteiger partial charge in [0.1, 0.15) is 4.90 Å². The third-order valence-corrected chi connectivity index (χ3v) is 3.48. The molecule has 0 aliphatic heterocycles. The molecule has 1 N–H and O–H groups in total. The van der Waals surface area contributed by atoms with Gasteiger partial charge in [-0.3, -0.25) is 4.98 Å². The molecule has 1 rings (SSSR count). The zero-order chi connectivity index (χ0) is 11.3. The fraction of sp³-hybridized carbons (Fsp3) is 0.250. The van der Waals surface area contributed by atoms with Crippen LogP contribution >= 0.6 is 11.6 Å². The molecule has 0 fully saturated rings. The van der Waals surface area contributed by atoms with Gasteiger partial charge in [-0.2, -0.15) is 5.26 Å². The zero-order valence-corrected chi connectivity index (χ0v) is 9.22. The highest BCUT2D eigenvalue weighted by atomic mass is 35.5. The van der Waals surface area contributed by atoms with Crippen molar-refractivity contribution in [2.45, 2.75) is 11.3 Å². The lowest BCUT2D eigenvalue weighted by Gasteiger charge is -2.05. The molecular formula is C8H8ClN3O2S. The molecule has 5 nitrogen and oxygen atoms in total. The lowest BCUT2D eigenvalue weighted by atomic mass is 10.5. The van der Waals surface area contributed by atoms with Gasteiger partial charge in [-0.25, -0.2) is 13.1 Å². The van der Waals surface area contributed by atoms with E-state index in [1.54, 1.807) is 0 Å². The minimum absolute atomic E-state index is 0.0596. The molecule has 0 atom stereocenters. The number of hydrogen-bond acceptors (Lipinski definition) is 4. The summed E-state index contributed by atoms with van der Waals surface area (Å²) in [6.07, 6.45) is 2.67. The first-order valence-electron chi connectivity index (χ1n) is 4.04. The lowest BCUT2D eigenvalue weighted by molar-refractivity contribution is 0.582. The van der Waals surface area contributed by atoms with Crippen LogP contribution in [0.1, 0.15) is 6.42 Å². The molecule has 80 valence electrons. The maximum absolute atomic E-state index is 11.6. The number of rotatable bonds is 4. The molecule has 1 heterocycles. The topological polar surface area (TPSA) is 82.9 Å². The second kappa shape index (κ2) is 5.07. The molecule has 0 amide bonds. The molecule has 0 bridgehead atoms. The summed E-state index contributed by atoms with van der Waals surface area (Å²) < 4.78 is 25.4. The van der Waals surface area contributed by atoms with Gasteiger partial charge >= 0.3 is 0 Å². The number of aromatic nitrogens is 1. The highest BCUT2D eigenvalue weighted by Gasteiger charge is 2.16. The van der Waals surface area contributed by atoms with Crippen molar-refractivity contribution in [3.05, 3.63) is 23.5 Å². The first-order chi connectivity index (χ1) is 7.08. The summed E-state index contributed by atoms with van der Waals surface area (Å²) in [6, 6.07) is 3.22. The van der Waals surface area contributed by atoms with E-state index in [0.29, 0.717) is 0 Å². The van der Waals surface area contributed by atoms with E-state index in [0.717, 1.165) is 6.20 Å². The summed E-state index contributed by atoms with van der Waals surface area (Å²) in [7, 11) is -3.66. The quantitative estimate of drug-likeness (QED) is 0.800. The predicted molar refractivity (Wildman–Crippen MR) is 54.7 cm³/mol. The van der Waals surface area contributed by atoms with Crippen LogP contribution in [-0.2, 0) is 10.0 Å². The summed E-state index contributed by atoms with van der Waals surface area (Å²) in [6.45, 7) is 0.0596. The van der Waals surface area contributed by atoms with Gasteiger partial charge in [0.05, 0.1) is 11.1 Å². The predicted octanol–water partition coefficient (Wildman–Crippen LogP) is 0.927. The van der Waals surface area contributed by atoms with Gasteiger partial charge in [0.15, 0.2) is 0 Å². The average Bonchev–Trinajstić information content (AvgIpc) is 2.18. The monoisotopic (exact) mass is 245 g/mol. The Morgan fingerprint density at radius 2 is 2.33 bits per heavy atom. The van der Waals surface area contributed by atoms with Gasteiger partial charge in [-0.1, -0.05) is 11.6 Å². The Morgan fingerprint density at radius 3 is 2.93 bits per heavy atom. The molecule has 0 aliphatic rings. The van der Waals surface area contributed by atoms with Crippen LogP contribution < -0.4 is 4.72 Å². The van der Waals surface area contributed by atoms with Crippen molar-refractivity contribution in [1.82, 2.24) is 9.71 Å². The van der Waals surface area contributed by atoms with Crippen molar-refractivity contribution in [2.24, 2.45) is 0 Å². The van der Waals surface area contributed by atoms with Crippen molar-refractivity contribution in [3.63, 3.8) is 0 Å². The molecule has 0 saturated carbocycles. The number of sulfonamides is 1. The Bertz CT molecular complexity index is 481. The average molecular weight is 246 g/mol. The van der Waals surface area contributed by atoms with E-state index in [9.17, 15) is 8.42 Å². The highest BCUT2D eigenvalue weighted by molar-refractivity contribution is 7.89. The first-order valence-corrected chi connectivity index (χ1v) is 5.90. The van der Waals surface area contributed by atoms with E-state index < -0.39 is 10.0 Å². The molecule has 0 saturated heterocycles. The van der Waals surface area contributed by atoms with Gasteiger partial charge in [-0.05, 0) is 6.07 Å². The molecule has 1 aromatic rings. The smallest absolute Gasteiger partial charge is 0.243 e. The summed E-state index contributed by atoms with van der Waals surface area (Å²) in [4.78, 5) is 3.59. The van der Waals surface area contributed by atoms with Crippen LogP contribution in [0.15, 0.2) is 23.4 Å². The van der Waals surface area contributed by atoms with E-state index in [-0.39, 0.29) is 22.9 Å². The molecular weight excluding hydrogens is 238 g/mol. The molecule has 0 aliphatic carbocycles. The van der Waals surface area contributed by atoms with Crippen molar-refractivity contribution < 1.29 is 8.42 Å².